The lowest BCUT2D eigenvalue weighted by Gasteiger charge is -2.22. The topological polar surface area (TPSA) is 40.2 Å². The molecule has 1 aromatic rings. The van der Waals surface area contributed by atoms with Gasteiger partial charge in [-0.05, 0) is 44.9 Å². The molecule has 1 aromatic heterocycles. The van der Waals surface area contributed by atoms with E-state index in [1.807, 2.05) is 0 Å². The van der Waals surface area contributed by atoms with Crippen LogP contribution < -0.4 is 5.73 Å². The van der Waals surface area contributed by atoms with Crippen molar-refractivity contribution in [2.45, 2.75) is 38.8 Å². The fourth-order valence-electron chi connectivity index (χ4n) is 1.44. The van der Waals surface area contributed by atoms with Crippen molar-refractivity contribution in [1.29, 1.82) is 0 Å². The smallest absolute Gasteiger partial charge is 0.0639 e. The average Bonchev–Trinajstić information content (AvgIpc) is 2.64. The van der Waals surface area contributed by atoms with Crippen LogP contribution in [0.25, 0.3) is 0 Å². The standard InChI is InChI=1S/C12H22N2O/c1-12(2,15-3)6-9-14-8-5-11(10-14)4-7-13/h5,8,10H,4,6-7,9,13H2,1-3H3. The first kappa shape index (κ1) is 12.3. The number of nitrogens with zero attached hydrogens (tertiary/aromatic N) is 1. The lowest BCUT2D eigenvalue weighted by Crippen LogP contribution is -2.24. The third-order valence-electron chi connectivity index (χ3n) is 2.77. The van der Waals surface area contributed by atoms with Gasteiger partial charge in [0.2, 0.25) is 0 Å². The van der Waals surface area contributed by atoms with Crippen LogP contribution in [0.2, 0.25) is 0 Å². The van der Waals surface area contributed by atoms with E-state index in [1.54, 1.807) is 7.11 Å². The van der Waals surface area contributed by atoms with Crippen molar-refractivity contribution in [3.05, 3.63) is 24.0 Å². The number of aryl methyl sites for hydroxylation is 1. The quantitative estimate of drug-likeness (QED) is 0.778. The van der Waals surface area contributed by atoms with Crippen LogP contribution in [0.4, 0.5) is 0 Å². The molecule has 1 heterocycles. The highest BCUT2D eigenvalue weighted by Gasteiger charge is 2.15. The van der Waals surface area contributed by atoms with Gasteiger partial charge in [-0.3, -0.25) is 0 Å². The highest BCUT2D eigenvalue weighted by atomic mass is 16.5. The van der Waals surface area contributed by atoms with Crippen LogP contribution in [0, 0.1) is 0 Å². The molecule has 0 atom stereocenters. The summed E-state index contributed by atoms with van der Waals surface area (Å²) in [6.07, 6.45) is 6.25. The fourth-order valence-corrected chi connectivity index (χ4v) is 1.44. The predicted molar refractivity (Wildman–Crippen MR) is 62.9 cm³/mol. The van der Waals surface area contributed by atoms with Crippen molar-refractivity contribution in [2.75, 3.05) is 13.7 Å². The minimum absolute atomic E-state index is 0.0434. The number of rotatable bonds is 6. The van der Waals surface area contributed by atoms with Gasteiger partial charge < -0.3 is 15.0 Å². The summed E-state index contributed by atoms with van der Waals surface area (Å²) in [5.41, 5.74) is 6.77. The summed E-state index contributed by atoms with van der Waals surface area (Å²) < 4.78 is 7.58. The molecule has 0 radical (unpaired) electrons. The Morgan fingerprint density at radius 1 is 1.47 bits per heavy atom. The first-order valence-electron chi connectivity index (χ1n) is 5.47. The molecule has 0 aromatic carbocycles. The summed E-state index contributed by atoms with van der Waals surface area (Å²) in [5, 5.41) is 0. The zero-order valence-corrected chi connectivity index (χ0v) is 9.99. The number of hydrogen-bond donors (Lipinski definition) is 1. The first-order chi connectivity index (χ1) is 7.07. The van der Waals surface area contributed by atoms with E-state index in [1.165, 1.54) is 5.56 Å². The molecule has 0 amide bonds. The lowest BCUT2D eigenvalue weighted by molar-refractivity contribution is 0.0120. The second kappa shape index (κ2) is 5.33. The summed E-state index contributed by atoms with van der Waals surface area (Å²) in [6, 6.07) is 2.13. The van der Waals surface area contributed by atoms with E-state index in [0.717, 1.165) is 19.4 Å². The second-order valence-corrected chi connectivity index (χ2v) is 4.51. The van der Waals surface area contributed by atoms with E-state index in [-0.39, 0.29) is 5.60 Å². The van der Waals surface area contributed by atoms with Crippen molar-refractivity contribution < 1.29 is 4.74 Å². The van der Waals surface area contributed by atoms with Gasteiger partial charge in [-0.25, -0.2) is 0 Å². The molecule has 3 nitrogen and oxygen atoms in total. The molecule has 0 unspecified atom stereocenters. The van der Waals surface area contributed by atoms with Crippen molar-refractivity contribution >= 4 is 0 Å². The van der Waals surface area contributed by atoms with Crippen LogP contribution >= 0.6 is 0 Å². The zero-order valence-electron chi connectivity index (χ0n) is 9.99. The molecule has 0 saturated heterocycles. The molecule has 2 N–H and O–H groups in total. The van der Waals surface area contributed by atoms with Crippen LogP contribution in [-0.4, -0.2) is 23.8 Å². The molecule has 3 heteroatoms. The van der Waals surface area contributed by atoms with Crippen molar-refractivity contribution in [2.24, 2.45) is 5.73 Å². The molecule has 0 saturated carbocycles. The van der Waals surface area contributed by atoms with E-state index in [2.05, 4.69) is 36.9 Å². The molecule has 0 aliphatic rings. The largest absolute Gasteiger partial charge is 0.379 e. The van der Waals surface area contributed by atoms with E-state index in [0.29, 0.717) is 6.54 Å². The molecule has 0 fully saturated rings. The molecule has 86 valence electrons. The summed E-state index contributed by atoms with van der Waals surface area (Å²) in [6.45, 7) is 5.92. The number of hydrogen-bond acceptors (Lipinski definition) is 2. The Hall–Kier alpha value is -0.800. The van der Waals surface area contributed by atoms with E-state index < -0.39 is 0 Å². The predicted octanol–water partition coefficient (Wildman–Crippen LogP) is 1.80. The number of aromatic nitrogens is 1. The minimum Gasteiger partial charge on any atom is -0.379 e. The molecule has 1 rings (SSSR count). The Labute approximate surface area is 92.2 Å². The maximum Gasteiger partial charge on any atom is 0.0639 e. The van der Waals surface area contributed by atoms with E-state index >= 15 is 0 Å². The van der Waals surface area contributed by atoms with Crippen LogP contribution in [-0.2, 0) is 17.7 Å². The lowest BCUT2D eigenvalue weighted by atomic mass is 10.1. The fraction of sp³-hybridized carbons (Fsp3) is 0.667. The number of nitrogens with two attached hydrogens (primary N) is 1. The van der Waals surface area contributed by atoms with Crippen molar-refractivity contribution in [3.8, 4) is 0 Å². The molecular weight excluding hydrogens is 188 g/mol. The van der Waals surface area contributed by atoms with Gasteiger partial charge in [-0.2, -0.15) is 0 Å². The number of ether oxygens (including phenoxy) is 1. The van der Waals surface area contributed by atoms with Crippen LogP contribution in [0.15, 0.2) is 18.5 Å². The Bertz CT molecular complexity index is 292. The monoisotopic (exact) mass is 210 g/mol. The molecule has 0 aliphatic carbocycles. The Morgan fingerprint density at radius 2 is 2.20 bits per heavy atom. The van der Waals surface area contributed by atoms with Gasteiger partial charge in [0.25, 0.3) is 0 Å². The van der Waals surface area contributed by atoms with Gasteiger partial charge in [0.05, 0.1) is 5.60 Å². The second-order valence-electron chi connectivity index (χ2n) is 4.51. The summed E-state index contributed by atoms with van der Waals surface area (Å²) >= 11 is 0. The minimum atomic E-state index is -0.0434. The SMILES string of the molecule is COC(C)(C)CCn1ccc(CCN)c1. The summed E-state index contributed by atoms with van der Waals surface area (Å²) in [4.78, 5) is 0. The van der Waals surface area contributed by atoms with Gasteiger partial charge in [-0.1, -0.05) is 0 Å². The molecular formula is C12H22N2O. The third kappa shape index (κ3) is 4.06. The zero-order chi connectivity index (χ0) is 11.3. The molecule has 15 heavy (non-hydrogen) atoms. The van der Waals surface area contributed by atoms with Crippen LogP contribution in [0.1, 0.15) is 25.8 Å². The highest BCUT2D eigenvalue weighted by Crippen LogP contribution is 2.14. The van der Waals surface area contributed by atoms with Crippen LogP contribution in [0.5, 0.6) is 0 Å². The average molecular weight is 210 g/mol. The number of methoxy groups -OCH3 is 1. The molecule has 0 bridgehead atoms. The molecule has 0 spiro atoms. The van der Waals surface area contributed by atoms with Gasteiger partial charge in [0.1, 0.15) is 0 Å². The van der Waals surface area contributed by atoms with Gasteiger partial charge in [-0.15, -0.1) is 0 Å². The normalized spacial score (nSPS) is 12.0. The van der Waals surface area contributed by atoms with Crippen LogP contribution in [0.3, 0.4) is 0 Å². The Morgan fingerprint density at radius 3 is 2.80 bits per heavy atom. The third-order valence-corrected chi connectivity index (χ3v) is 2.77. The van der Waals surface area contributed by atoms with Gasteiger partial charge >= 0.3 is 0 Å². The van der Waals surface area contributed by atoms with E-state index in [9.17, 15) is 0 Å². The Kier molecular flexibility index (Phi) is 4.36. The van der Waals surface area contributed by atoms with Gasteiger partial charge in [0, 0.05) is 26.0 Å². The highest BCUT2D eigenvalue weighted by molar-refractivity contribution is 5.10. The maximum atomic E-state index is 5.51. The van der Waals surface area contributed by atoms with Gasteiger partial charge in [0.15, 0.2) is 0 Å². The Balaban J connectivity index is 2.44. The molecule has 0 aliphatic heterocycles. The van der Waals surface area contributed by atoms with Crippen molar-refractivity contribution in [3.63, 3.8) is 0 Å². The van der Waals surface area contributed by atoms with E-state index in [4.69, 9.17) is 10.5 Å². The summed E-state index contributed by atoms with van der Waals surface area (Å²) in [7, 11) is 1.76. The first-order valence-corrected chi connectivity index (χ1v) is 5.47. The summed E-state index contributed by atoms with van der Waals surface area (Å²) in [5.74, 6) is 0. The maximum absolute atomic E-state index is 5.51. The van der Waals surface area contributed by atoms with Crippen molar-refractivity contribution in [1.82, 2.24) is 4.57 Å².